The van der Waals surface area contributed by atoms with E-state index in [2.05, 4.69) is 27.0 Å². The monoisotopic (exact) mass is 670 g/mol. The standard InChI is InChI=1S/C35H37N5O7S/c1-25(20-34(42)43)40(48(44)45)39-18-16-38(17-19-39)29-13-10-26(11-14-29)8-9-27-12-15-32(46-2)31(21-27)35-37-24-30(47-35)22-33(41)36-23-28-6-4-3-5-7-28/h3-7,10-15,21,24-25H,16-20,22-23H2,1-2H3,(H,36,41)(H,42,43)(H,44,45)/p-1. The first-order chi connectivity index (χ1) is 23.2. The highest BCUT2D eigenvalue weighted by molar-refractivity contribution is 7.76. The molecule has 2 atom stereocenters. The molecular formula is C35H36N5O7S-. The van der Waals surface area contributed by atoms with Crippen molar-refractivity contribution in [1.82, 2.24) is 19.7 Å². The number of piperazine rings is 1. The van der Waals surface area contributed by atoms with Crippen LogP contribution in [0.25, 0.3) is 11.5 Å². The Hall–Kier alpha value is -5.00. The number of rotatable bonds is 12. The van der Waals surface area contributed by atoms with Gasteiger partial charge in [-0.25, -0.2) is 9.99 Å². The molecule has 1 aromatic heterocycles. The topological polar surface area (TPSA) is 152 Å². The second-order valence-corrected chi connectivity index (χ2v) is 12.0. The number of methoxy groups -OCH3 is 1. The van der Waals surface area contributed by atoms with Crippen molar-refractivity contribution in [2.24, 2.45) is 0 Å². The lowest BCUT2D eigenvalue weighted by atomic mass is 10.1. The number of nitrogens with one attached hydrogen (secondary N) is 1. The third kappa shape index (κ3) is 9.08. The van der Waals surface area contributed by atoms with Crippen molar-refractivity contribution < 1.29 is 32.6 Å². The number of aromatic nitrogens is 1. The van der Waals surface area contributed by atoms with Gasteiger partial charge in [0.2, 0.25) is 11.8 Å². The number of carbonyl (C=O) groups is 2. The zero-order valence-corrected chi connectivity index (χ0v) is 27.4. The molecule has 0 bridgehead atoms. The highest BCUT2D eigenvalue weighted by atomic mass is 32.2. The van der Waals surface area contributed by atoms with E-state index in [1.807, 2.05) is 66.7 Å². The van der Waals surface area contributed by atoms with Crippen LogP contribution in [0.15, 0.2) is 83.4 Å². The molecule has 0 aliphatic carbocycles. The minimum Gasteiger partial charge on any atom is -0.759 e. The van der Waals surface area contributed by atoms with Crippen LogP contribution in [0, 0.1) is 11.8 Å². The van der Waals surface area contributed by atoms with Crippen LogP contribution in [0.5, 0.6) is 5.75 Å². The zero-order chi connectivity index (χ0) is 34.0. The van der Waals surface area contributed by atoms with Gasteiger partial charge in [-0.2, -0.15) is 4.41 Å². The molecule has 250 valence electrons. The molecule has 1 aliphatic heterocycles. The Morgan fingerprint density at radius 2 is 1.75 bits per heavy atom. The van der Waals surface area contributed by atoms with E-state index in [1.54, 1.807) is 25.1 Å². The minimum absolute atomic E-state index is 0.0544. The molecule has 5 rings (SSSR count). The van der Waals surface area contributed by atoms with Crippen LogP contribution >= 0.6 is 0 Å². The van der Waals surface area contributed by atoms with Crippen LogP contribution < -0.4 is 15.0 Å². The van der Waals surface area contributed by atoms with E-state index in [1.165, 1.54) is 6.20 Å². The Morgan fingerprint density at radius 1 is 1.06 bits per heavy atom. The highest BCUT2D eigenvalue weighted by Crippen LogP contribution is 2.31. The van der Waals surface area contributed by atoms with Gasteiger partial charge in [0.05, 0.1) is 31.7 Å². The van der Waals surface area contributed by atoms with Gasteiger partial charge in [-0.05, 0) is 55.0 Å². The molecule has 1 fully saturated rings. The van der Waals surface area contributed by atoms with Crippen molar-refractivity contribution in [3.05, 3.63) is 101 Å². The Morgan fingerprint density at radius 3 is 2.42 bits per heavy atom. The number of benzene rings is 3. The van der Waals surface area contributed by atoms with Gasteiger partial charge in [-0.1, -0.05) is 42.2 Å². The van der Waals surface area contributed by atoms with E-state index in [4.69, 9.17) is 14.3 Å². The van der Waals surface area contributed by atoms with E-state index >= 15 is 0 Å². The van der Waals surface area contributed by atoms with E-state index in [0.717, 1.165) is 26.8 Å². The van der Waals surface area contributed by atoms with Gasteiger partial charge in [-0.15, -0.1) is 0 Å². The van der Waals surface area contributed by atoms with Crippen LogP contribution in [0.3, 0.4) is 0 Å². The van der Waals surface area contributed by atoms with E-state index in [-0.39, 0.29) is 18.7 Å². The fourth-order valence-corrected chi connectivity index (χ4v) is 6.11. The van der Waals surface area contributed by atoms with Crippen LogP contribution in [-0.4, -0.2) is 79.5 Å². The van der Waals surface area contributed by atoms with Crippen LogP contribution in [-0.2, 0) is 33.8 Å². The van der Waals surface area contributed by atoms with E-state index < -0.39 is 23.3 Å². The summed E-state index contributed by atoms with van der Waals surface area (Å²) in [5.41, 5.74) is 4.14. The molecule has 2 unspecified atom stereocenters. The molecular weight excluding hydrogens is 634 g/mol. The van der Waals surface area contributed by atoms with Crippen molar-refractivity contribution in [1.29, 1.82) is 0 Å². The van der Waals surface area contributed by atoms with Crippen LogP contribution in [0.4, 0.5) is 5.69 Å². The number of carboxylic acids is 1. The maximum Gasteiger partial charge on any atom is 0.305 e. The summed E-state index contributed by atoms with van der Waals surface area (Å²) in [5, 5.41) is 13.7. The predicted octanol–water partition coefficient (Wildman–Crippen LogP) is 3.61. The summed E-state index contributed by atoms with van der Waals surface area (Å²) < 4.78 is 36.2. The number of hydrazine groups is 1. The van der Waals surface area contributed by atoms with Crippen molar-refractivity contribution in [2.45, 2.75) is 32.4 Å². The first kappa shape index (κ1) is 34.3. The first-order valence-corrected chi connectivity index (χ1v) is 16.4. The lowest BCUT2D eigenvalue weighted by molar-refractivity contribution is -0.139. The first-order valence-electron chi connectivity index (χ1n) is 15.4. The summed E-state index contributed by atoms with van der Waals surface area (Å²) >= 11 is -2.57. The summed E-state index contributed by atoms with van der Waals surface area (Å²) in [4.78, 5) is 30.1. The maximum absolute atomic E-state index is 12.5. The van der Waals surface area contributed by atoms with Crippen molar-refractivity contribution in [2.75, 3.05) is 38.2 Å². The molecule has 13 heteroatoms. The third-order valence-corrected chi connectivity index (χ3v) is 8.67. The Balaban J connectivity index is 1.20. The summed E-state index contributed by atoms with van der Waals surface area (Å²) in [6, 6.07) is 22.3. The smallest absolute Gasteiger partial charge is 0.305 e. The average Bonchev–Trinajstić information content (AvgIpc) is 3.55. The highest BCUT2D eigenvalue weighted by Gasteiger charge is 2.28. The number of hydrogen-bond acceptors (Lipinski definition) is 9. The number of amides is 1. The van der Waals surface area contributed by atoms with Crippen LogP contribution in [0.2, 0.25) is 0 Å². The van der Waals surface area contributed by atoms with Gasteiger partial charge in [0.1, 0.15) is 11.5 Å². The molecule has 0 saturated carbocycles. The minimum atomic E-state index is -2.57. The Kier molecular flexibility index (Phi) is 11.6. The van der Waals surface area contributed by atoms with Gasteiger partial charge in [0, 0.05) is 66.8 Å². The lowest BCUT2D eigenvalue weighted by Gasteiger charge is -2.44. The molecule has 4 aromatic rings. The molecule has 48 heavy (non-hydrogen) atoms. The predicted molar refractivity (Wildman–Crippen MR) is 179 cm³/mol. The summed E-state index contributed by atoms with van der Waals surface area (Å²) in [7, 11) is 1.56. The number of ether oxygens (including phenoxy) is 1. The molecule has 1 aliphatic rings. The molecule has 1 saturated heterocycles. The molecule has 2 N–H and O–H groups in total. The van der Waals surface area contributed by atoms with Crippen LogP contribution in [0.1, 0.15) is 35.8 Å². The normalized spacial score (nSPS) is 14.5. The molecule has 1 amide bonds. The van der Waals surface area contributed by atoms with Gasteiger partial charge >= 0.3 is 5.97 Å². The van der Waals surface area contributed by atoms with Crippen molar-refractivity contribution >= 4 is 28.8 Å². The third-order valence-electron chi connectivity index (χ3n) is 7.77. The fraction of sp³-hybridized carbons (Fsp3) is 0.286. The maximum atomic E-state index is 12.5. The van der Waals surface area contributed by atoms with Gasteiger partial charge in [-0.3, -0.25) is 13.8 Å². The fourth-order valence-electron chi connectivity index (χ4n) is 5.39. The number of oxazole rings is 1. The van der Waals surface area contributed by atoms with E-state index in [9.17, 15) is 18.4 Å². The molecule has 12 nitrogen and oxygen atoms in total. The second kappa shape index (κ2) is 16.2. The summed E-state index contributed by atoms with van der Waals surface area (Å²) in [6.07, 6.45) is 1.32. The summed E-state index contributed by atoms with van der Waals surface area (Å²) in [5.74, 6) is 6.46. The quantitative estimate of drug-likeness (QED) is 0.169. The lowest BCUT2D eigenvalue weighted by Crippen LogP contribution is -2.57. The van der Waals surface area contributed by atoms with Gasteiger partial charge in [0.15, 0.2) is 0 Å². The van der Waals surface area contributed by atoms with Gasteiger partial charge in [0.25, 0.3) is 0 Å². The zero-order valence-electron chi connectivity index (χ0n) is 26.6. The molecule has 2 heterocycles. The number of aliphatic carboxylic acids is 1. The van der Waals surface area contributed by atoms with Gasteiger partial charge < -0.3 is 29.0 Å². The van der Waals surface area contributed by atoms with E-state index in [0.29, 0.717) is 55.7 Å². The average molecular weight is 671 g/mol. The van der Waals surface area contributed by atoms with Crippen molar-refractivity contribution in [3.8, 4) is 29.0 Å². The number of nitrogens with zero attached hydrogens (tertiary/aromatic N) is 4. The number of carbonyl (C=O) groups excluding carboxylic acids is 1. The Labute approximate surface area is 281 Å². The molecule has 3 aromatic carbocycles. The molecule has 0 radical (unpaired) electrons. The SMILES string of the molecule is COc1ccc(C#Cc2ccc(N3CCN(N(C(C)CC(=O)O)S(=O)[O-])CC3)cc2)cc1-c1ncc(CC(=O)NCc2ccccc2)o1. The summed E-state index contributed by atoms with van der Waals surface area (Å²) in [6.45, 7) is 4.05. The second-order valence-electron chi connectivity index (χ2n) is 11.2. The number of anilines is 1. The largest absolute Gasteiger partial charge is 0.759 e. The van der Waals surface area contributed by atoms with Crippen molar-refractivity contribution in [3.63, 3.8) is 0 Å². The number of hydrogen-bond donors (Lipinski definition) is 2. The number of carboxylic acid groups (broad SMARTS) is 1. The molecule has 0 spiro atoms. The Bertz CT molecular complexity index is 1800.